The fraction of sp³-hybridized carbons (Fsp3) is 0.520. The van der Waals surface area contributed by atoms with Crippen molar-refractivity contribution >= 4 is 23.9 Å². The average Bonchev–Trinajstić information content (AvgIpc) is 2.77. The van der Waals surface area contributed by atoms with Crippen LogP contribution in [0, 0.1) is 0 Å². The summed E-state index contributed by atoms with van der Waals surface area (Å²) in [5.74, 6) is -2.30. The van der Waals surface area contributed by atoms with E-state index in [1.807, 2.05) is 0 Å². The van der Waals surface area contributed by atoms with E-state index in [4.69, 9.17) is 18.9 Å². The van der Waals surface area contributed by atoms with Crippen molar-refractivity contribution in [2.24, 2.45) is 0 Å². The van der Waals surface area contributed by atoms with Gasteiger partial charge in [-0.25, -0.2) is 19.2 Å². The summed E-state index contributed by atoms with van der Waals surface area (Å²) in [7, 11) is 0. The van der Waals surface area contributed by atoms with Crippen LogP contribution in [-0.2, 0) is 38.1 Å². The summed E-state index contributed by atoms with van der Waals surface area (Å²) in [6.45, 7) is 10.6. The van der Waals surface area contributed by atoms with Crippen molar-refractivity contribution in [3.8, 4) is 0 Å². The van der Waals surface area contributed by atoms with E-state index in [0.717, 1.165) is 0 Å². The second-order valence-electron chi connectivity index (χ2n) is 6.69. The molecule has 0 spiro atoms. The lowest BCUT2D eigenvalue weighted by molar-refractivity contribution is -0.141. The monoisotopic (exact) mass is 464 g/mol. The number of carbonyl (C=O) groups is 4. The van der Waals surface area contributed by atoms with Gasteiger partial charge in [0.2, 0.25) is 0 Å². The average molecular weight is 465 g/mol. The predicted molar refractivity (Wildman–Crippen MR) is 124 cm³/mol. The lowest BCUT2D eigenvalue weighted by Gasteiger charge is -2.08. The van der Waals surface area contributed by atoms with Crippen LogP contribution in [0.25, 0.3) is 0 Å². The lowest BCUT2D eigenvalue weighted by Crippen LogP contribution is -2.14. The number of carbonyl (C=O) groups excluding carboxylic acids is 4. The molecule has 184 valence electrons. The molecule has 0 aliphatic rings. The fourth-order valence-electron chi connectivity index (χ4n) is 2.56. The summed E-state index contributed by atoms with van der Waals surface area (Å²) in [4.78, 5) is 48.3. The van der Waals surface area contributed by atoms with Crippen LogP contribution in [0.3, 0.4) is 0 Å². The molecule has 8 heteroatoms. The highest BCUT2D eigenvalue weighted by Gasteiger charge is 2.18. The molecular weight excluding hydrogens is 428 g/mol. The van der Waals surface area contributed by atoms with Crippen molar-refractivity contribution in [2.45, 2.75) is 60.8 Å². The van der Waals surface area contributed by atoms with Crippen LogP contribution in [0.4, 0.5) is 0 Å². The molecular formula is C25H36O8. The van der Waals surface area contributed by atoms with E-state index < -0.39 is 23.9 Å². The van der Waals surface area contributed by atoms with Crippen molar-refractivity contribution in [1.29, 1.82) is 0 Å². The Hall–Kier alpha value is -3.16. The molecule has 0 aliphatic carbocycles. The topological polar surface area (TPSA) is 105 Å². The molecule has 0 amide bonds. The zero-order valence-electron chi connectivity index (χ0n) is 20.5. The molecule has 0 atom stereocenters. The fourth-order valence-corrected chi connectivity index (χ4v) is 2.56. The van der Waals surface area contributed by atoms with Crippen molar-refractivity contribution in [3.63, 3.8) is 0 Å². The SMILES string of the molecule is CCOC(=O)/C(C)=C(/C=C/CCC/C=C/C(C(=O)OCC)=C(\C)C(=O)OCC)C(=O)OCC. The van der Waals surface area contributed by atoms with Gasteiger partial charge in [0.05, 0.1) is 37.6 Å². The van der Waals surface area contributed by atoms with Gasteiger partial charge in [0, 0.05) is 11.1 Å². The van der Waals surface area contributed by atoms with Crippen LogP contribution in [0.15, 0.2) is 46.6 Å². The molecule has 0 saturated carbocycles. The first-order chi connectivity index (χ1) is 15.7. The van der Waals surface area contributed by atoms with Gasteiger partial charge >= 0.3 is 23.9 Å². The Morgan fingerprint density at radius 1 is 0.545 bits per heavy atom. The Labute approximate surface area is 196 Å². The minimum absolute atomic E-state index is 0.156. The highest BCUT2D eigenvalue weighted by atomic mass is 16.5. The standard InChI is InChI=1S/C25H36O8/c1-7-30-22(26)18(5)20(24(28)32-9-3)16-14-12-11-13-15-17-21(25(29)33-10-4)19(6)23(27)31-8-2/h14-17H,7-13H2,1-6H3/b16-14+,17-15+,20-18-,21-19-. The molecule has 0 fully saturated rings. The van der Waals surface area contributed by atoms with E-state index in [9.17, 15) is 19.2 Å². The van der Waals surface area contributed by atoms with Gasteiger partial charge in [-0.15, -0.1) is 0 Å². The third-order valence-corrected chi connectivity index (χ3v) is 4.27. The number of ether oxygens (including phenoxy) is 4. The Kier molecular flexibility index (Phi) is 15.7. The van der Waals surface area contributed by atoms with Gasteiger partial charge in [-0.2, -0.15) is 0 Å². The van der Waals surface area contributed by atoms with Gasteiger partial charge in [0.25, 0.3) is 0 Å². The number of hydrogen-bond acceptors (Lipinski definition) is 8. The molecule has 0 aliphatic heterocycles. The molecule has 0 N–H and O–H groups in total. The zero-order valence-corrected chi connectivity index (χ0v) is 20.5. The van der Waals surface area contributed by atoms with Crippen LogP contribution in [0.2, 0.25) is 0 Å². The van der Waals surface area contributed by atoms with E-state index in [1.54, 1.807) is 52.0 Å². The molecule has 0 aromatic heterocycles. The van der Waals surface area contributed by atoms with Gasteiger partial charge in [-0.1, -0.05) is 24.3 Å². The highest BCUT2D eigenvalue weighted by Crippen LogP contribution is 2.14. The first kappa shape index (κ1) is 29.8. The normalized spacial score (nSPS) is 12.8. The molecule has 33 heavy (non-hydrogen) atoms. The minimum atomic E-state index is -0.585. The number of rotatable bonds is 14. The Morgan fingerprint density at radius 3 is 1.15 bits per heavy atom. The lowest BCUT2D eigenvalue weighted by atomic mass is 10.1. The first-order valence-corrected chi connectivity index (χ1v) is 11.2. The second kappa shape index (κ2) is 17.4. The molecule has 8 nitrogen and oxygen atoms in total. The van der Waals surface area contributed by atoms with E-state index in [2.05, 4.69) is 0 Å². The Morgan fingerprint density at radius 2 is 0.848 bits per heavy atom. The molecule has 0 aromatic rings. The summed E-state index contributed by atoms with van der Waals surface area (Å²) < 4.78 is 20.0. The molecule has 0 rings (SSSR count). The number of allylic oxidation sites excluding steroid dienone is 2. The van der Waals surface area contributed by atoms with E-state index in [1.165, 1.54) is 13.8 Å². The number of unbranched alkanes of at least 4 members (excludes halogenated alkanes) is 2. The summed E-state index contributed by atoms with van der Waals surface area (Å²) in [5.41, 5.74) is 0.682. The van der Waals surface area contributed by atoms with Crippen molar-refractivity contribution in [3.05, 3.63) is 46.6 Å². The third kappa shape index (κ3) is 11.3. The second-order valence-corrected chi connectivity index (χ2v) is 6.69. The summed E-state index contributed by atoms with van der Waals surface area (Å²) in [6.07, 6.45) is 8.59. The van der Waals surface area contributed by atoms with Crippen molar-refractivity contribution < 1.29 is 38.1 Å². The maximum Gasteiger partial charge on any atom is 0.338 e. The molecule has 0 radical (unpaired) electrons. The van der Waals surface area contributed by atoms with Gasteiger partial charge in [-0.05, 0) is 60.8 Å². The van der Waals surface area contributed by atoms with E-state index in [0.29, 0.717) is 19.3 Å². The molecule has 0 saturated heterocycles. The van der Waals surface area contributed by atoms with Gasteiger partial charge in [0.15, 0.2) is 0 Å². The van der Waals surface area contributed by atoms with Gasteiger partial charge in [-0.3, -0.25) is 0 Å². The van der Waals surface area contributed by atoms with Crippen LogP contribution < -0.4 is 0 Å². The van der Waals surface area contributed by atoms with Crippen molar-refractivity contribution in [1.82, 2.24) is 0 Å². The smallest absolute Gasteiger partial charge is 0.338 e. The van der Waals surface area contributed by atoms with Crippen molar-refractivity contribution in [2.75, 3.05) is 26.4 Å². The molecule has 0 bridgehead atoms. The van der Waals surface area contributed by atoms with E-state index in [-0.39, 0.29) is 48.7 Å². The maximum absolute atomic E-state index is 12.2. The first-order valence-electron chi connectivity index (χ1n) is 11.2. The highest BCUT2D eigenvalue weighted by molar-refractivity contribution is 6.02. The third-order valence-electron chi connectivity index (χ3n) is 4.27. The summed E-state index contributed by atoms with van der Waals surface area (Å²) in [6, 6.07) is 0. The predicted octanol–water partition coefficient (Wildman–Crippen LogP) is 4.15. The minimum Gasteiger partial charge on any atom is -0.463 e. The van der Waals surface area contributed by atoms with Crippen LogP contribution in [0.5, 0.6) is 0 Å². The van der Waals surface area contributed by atoms with Crippen LogP contribution >= 0.6 is 0 Å². The Bertz CT molecular complexity index is 733. The Balaban J connectivity index is 5.20. The zero-order chi connectivity index (χ0) is 25.2. The van der Waals surface area contributed by atoms with Gasteiger partial charge in [0.1, 0.15) is 0 Å². The summed E-state index contributed by atoms with van der Waals surface area (Å²) in [5, 5.41) is 0. The van der Waals surface area contributed by atoms with Gasteiger partial charge < -0.3 is 18.9 Å². The number of hydrogen-bond donors (Lipinski definition) is 0. The molecule has 0 aromatic carbocycles. The largest absolute Gasteiger partial charge is 0.463 e. The van der Waals surface area contributed by atoms with Crippen LogP contribution in [0.1, 0.15) is 60.8 Å². The van der Waals surface area contributed by atoms with Crippen LogP contribution in [-0.4, -0.2) is 50.3 Å². The molecule has 0 heterocycles. The van der Waals surface area contributed by atoms with E-state index >= 15 is 0 Å². The number of esters is 4. The molecule has 0 unspecified atom stereocenters. The maximum atomic E-state index is 12.2. The summed E-state index contributed by atoms with van der Waals surface area (Å²) >= 11 is 0. The quantitative estimate of drug-likeness (QED) is 0.124.